The fourth-order valence-electron chi connectivity index (χ4n) is 4.05. The molecule has 3 rings (SSSR count). The predicted molar refractivity (Wildman–Crippen MR) is 114 cm³/mol. The Kier molecular flexibility index (Phi) is 7.46. The average molecular weight is 441 g/mol. The van der Waals surface area contributed by atoms with Gasteiger partial charge in [0.2, 0.25) is 5.75 Å². The van der Waals surface area contributed by atoms with E-state index in [2.05, 4.69) is 4.90 Å². The van der Waals surface area contributed by atoms with E-state index in [1.165, 1.54) is 0 Å². The van der Waals surface area contributed by atoms with Crippen LogP contribution in [0.4, 0.5) is 0 Å². The summed E-state index contributed by atoms with van der Waals surface area (Å²) in [5, 5.41) is 0. The molecule has 0 radical (unpaired) electrons. The Morgan fingerprint density at radius 2 is 1.53 bits per heavy atom. The molecule has 0 bridgehead atoms. The third-order valence-corrected chi connectivity index (χ3v) is 7.23. The molecular weight excluding hydrogens is 408 g/mol. The van der Waals surface area contributed by atoms with Gasteiger partial charge in [-0.15, -0.1) is 0 Å². The first-order chi connectivity index (χ1) is 14.4. The van der Waals surface area contributed by atoms with Crippen molar-refractivity contribution in [1.29, 1.82) is 0 Å². The van der Waals surface area contributed by atoms with E-state index in [-0.39, 0.29) is 23.5 Å². The second-order valence-electron chi connectivity index (χ2n) is 7.49. The quantitative estimate of drug-likeness (QED) is 0.610. The van der Waals surface area contributed by atoms with Crippen LogP contribution >= 0.6 is 0 Å². The molecular formula is C21H32N2O6S. The number of hydrogen-bond acceptors (Lipinski definition) is 7. The predicted octanol–water partition coefficient (Wildman–Crippen LogP) is 1.83. The fraction of sp³-hybridized carbons (Fsp3) is 0.667. The molecule has 0 N–H and O–H groups in total. The number of piperazine rings is 1. The van der Waals surface area contributed by atoms with Crippen LogP contribution in [-0.2, 0) is 9.84 Å². The maximum atomic E-state index is 13.2. The molecule has 2 heterocycles. The summed E-state index contributed by atoms with van der Waals surface area (Å²) < 4.78 is 40.7. The Bertz CT molecular complexity index is 822. The van der Waals surface area contributed by atoms with Gasteiger partial charge in [0.1, 0.15) is 0 Å². The SMILES string of the molecule is CCOc1cc(C(=O)N2CCN(C3CCS(=O)(=O)C3)CC2)cc(OCC)c1OCC. The minimum Gasteiger partial charge on any atom is -0.490 e. The maximum Gasteiger partial charge on any atom is 0.254 e. The van der Waals surface area contributed by atoms with Gasteiger partial charge in [-0.2, -0.15) is 0 Å². The lowest BCUT2D eigenvalue weighted by Gasteiger charge is -2.37. The topological polar surface area (TPSA) is 85.4 Å². The van der Waals surface area contributed by atoms with Crippen molar-refractivity contribution >= 4 is 15.7 Å². The highest BCUT2D eigenvalue weighted by molar-refractivity contribution is 7.91. The molecule has 30 heavy (non-hydrogen) atoms. The Morgan fingerprint density at radius 3 is 2.00 bits per heavy atom. The number of ether oxygens (including phenoxy) is 3. The highest BCUT2D eigenvalue weighted by Crippen LogP contribution is 2.39. The molecule has 2 aliphatic heterocycles. The minimum atomic E-state index is -2.91. The standard InChI is InChI=1S/C21H32N2O6S/c1-4-27-18-13-16(14-19(28-5-2)20(18)29-6-3)21(24)23-10-8-22(9-11-23)17-7-12-30(25,26)15-17/h13-14,17H,4-12,15H2,1-3H3. The van der Waals surface area contributed by atoms with Crippen LogP contribution in [0.2, 0.25) is 0 Å². The van der Waals surface area contributed by atoms with Crippen LogP contribution in [0.3, 0.4) is 0 Å². The zero-order chi connectivity index (χ0) is 21.7. The van der Waals surface area contributed by atoms with Crippen LogP contribution in [0, 0.1) is 0 Å². The van der Waals surface area contributed by atoms with Crippen molar-refractivity contribution in [3.63, 3.8) is 0 Å². The van der Waals surface area contributed by atoms with E-state index in [0.717, 1.165) is 0 Å². The molecule has 9 heteroatoms. The van der Waals surface area contributed by atoms with E-state index in [4.69, 9.17) is 14.2 Å². The van der Waals surface area contributed by atoms with Crippen LogP contribution in [0.15, 0.2) is 12.1 Å². The summed E-state index contributed by atoms with van der Waals surface area (Å²) in [4.78, 5) is 17.2. The van der Waals surface area contributed by atoms with E-state index in [9.17, 15) is 13.2 Å². The van der Waals surface area contributed by atoms with Crippen molar-refractivity contribution < 1.29 is 27.4 Å². The monoisotopic (exact) mass is 440 g/mol. The van der Waals surface area contributed by atoms with Gasteiger partial charge in [-0.25, -0.2) is 8.42 Å². The number of benzene rings is 1. The summed E-state index contributed by atoms with van der Waals surface area (Å²) in [5.41, 5.74) is 0.502. The van der Waals surface area contributed by atoms with E-state index in [1.54, 1.807) is 17.0 Å². The number of carbonyl (C=O) groups is 1. The number of sulfone groups is 1. The number of carbonyl (C=O) groups excluding carboxylic acids is 1. The summed E-state index contributed by atoms with van der Waals surface area (Å²) >= 11 is 0. The third kappa shape index (κ3) is 5.18. The summed E-state index contributed by atoms with van der Waals surface area (Å²) in [6.07, 6.45) is 0.685. The van der Waals surface area contributed by atoms with E-state index >= 15 is 0 Å². The number of nitrogens with zero attached hydrogens (tertiary/aromatic N) is 2. The van der Waals surface area contributed by atoms with Crippen molar-refractivity contribution in [2.24, 2.45) is 0 Å². The lowest BCUT2D eigenvalue weighted by molar-refractivity contribution is 0.0587. The van der Waals surface area contributed by atoms with Crippen molar-refractivity contribution in [3.05, 3.63) is 17.7 Å². The molecule has 1 unspecified atom stereocenters. The molecule has 168 valence electrons. The Morgan fingerprint density at radius 1 is 0.967 bits per heavy atom. The molecule has 0 spiro atoms. The second-order valence-corrected chi connectivity index (χ2v) is 9.71. The Hall–Kier alpha value is -2.00. The number of rotatable bonds is 8. The molecule has 2 saturated heterocycles. The molecule has 1 atom stereocenters. The Balaban J connectivity index is 1.73. The van der Waals surface area contributed by atoms with Crippen molar-refractivity contribution in [2.75, 3.05) is 57.5 Å². The van der Waals surface area contributed by atoms with Gasteiger partial charge in [0, 0.05) is 37.8 Å². The molecule has 2 fully saturated rings. The van der Waals surface area contributed by atoms with Gasteiger partial charge in [-0.3, -0.25) is 9.69 Å². The van der Waals surface area contributed by atoms with Crippen molar-refractivity contribution in [3.8, 4) is 17.2 Å². The highest BCUT2D eigenvalue weighted by atomic mass is 32.2. The lowest BCUT2D eigenvalue weighted by Crippen LogP contribution is -2.52. The van der Waals surface area contributed by atoms with Crippen LogP contribution < -0.4 is 14.2 Å². The molecule has 1 aromatic rings. The summed E-state index contributed by atoms with van der Waals surface area (Å²) in [7, 11) is -2.91. The van der Waals surface area contributed by atoms with Gasteiger partial charge in [0.05, 0.1) is 31.3 Å². The van der Waals surface area contributed by atoms with Gasteiger partial charge in [0.15, 0.2) is 21.3 Å². The van der Waals surface area contributed by atoms with Crippen LogP contribution in [0.25, 0.3) is 0 Å². The first kappa shape index (κ1) is 22.7. The van der Waals surface area contributed by atoms with Gasteiger partial charge >= 0.3 is 0 Å². The van der Waals surface area contributed by atoms with E-state index < -0.39 is 9.84 Å². The first-order valence-corrected chi connectivity index (χ1v) is 12.5. The van der Waals surface area contributed by atoms with E-state index in [1.807, 2.05) is 20.8 Å². The number of hydrogen-bond donors (Lipinski definition) is 0. The largest absolute Gasteiger partial charge is 0.490 e. The highest BCUT2D eigenvalue weighted by Gasteiger charge is 2.34. The average Bonchev–Trinajstić information content (AvgIpc) is 3.10. The second kappa shape index (κ2) is 9.87. The summed E-state index contributed by atoms with van der Waals surface area (Å²) in [6.45, 7) is 9.51. The number of amides is 1. The molecule has 0 aromatic heterocycles. The normalized spacial score (nSPS) is 21.4. The maximum absolute atomic E-state index is 13.2. The molecule has 1 aromatic carbocycles. The zero-order valence-corrected chi connectivity index (χ0v) is 18.9. The van der Waals surface area contributed by atoms with E-state index in [0.29, 0.717) is 75.2 Å². The smallest absolute Gasteiger partial charge is 0.254 e. The summed E-state index contributed by atoms with van der Waals surface area (Å²) in [6, 6.07) is 3.51. The van der Waals surface area contributed by atoms with Crippen LogP contribution in [0.1, 0.15) is 37.6 Å². The first-order valence-electron chi connectivity index (χ1n) is 10.7. The molecule has 0 aliphatic carbocycles. The Labute approximate surface area is 179 Å². The molecule has 0 saturated carbocycles. The van der Waals surface area contributed by atoms with Crippen LogP contribution in [-0.4, -0.2) is 87.7 Å². The minimum absolute atomic E-state index is 0.0758. The van der Waals surface area contributed by atoms with Gasteiger partial charge in [0.25, 0.3) is 5.91 Å². The van der Waals surface area contributed by atoms with Gasteiger partial charge in [-0.1, -0.05) is 0 Å². The fourth-order valence-corrected chi connectivity index (χ4v) is 5.81. The van der Waals surface area contributed by atoms with Crippen LogP contribution in [0.5, 0.6) is 17.2 Å². The third-order valence-electron chi connectivity index (χ3n) is 5.48. The van der Waals surface area contributed by atoms with Crippen molar-refractivity contribution in [1.82, 2.24) is 9.80 Å². The van der Waals surface area contributed by atoms with Gasteiger partial charge in [-0.05, 0) is 39.3 Å². The molecule has 8 nitrogen and oxygen atoms in total. The zero-order valence-electron chi connectivity index (χ0n) is 18.1. The summed E-state index contributed by atoms with van der Waals surface area (Å²) in [5.74, 6) is 1.94. The van der Waals surface area contributed by atoms with Gasteiger partial charge < -0.3 is 19.1 Å². The lowest BCUT2D eigenvalue weighted by atomic mass is 10.1. The molecule has 1 amide bonds. The van der Waals surface area contributed by atoms with Crippen molar-refractivity contribution in [2.45, 2.75) is 33.2 Å². The molecule has 2 aliphatic rings.